The third kappa shape index (κ3) is 4.24. The van der Waals surface area contributed by atoms with Gasteiger partial charge in [-0.25, -0.2) is 4.79 Å². The first-order valence-electron chi connectivity index (χ1n) is 8.55. The Bertz CT molecular complexity index is 630. The Balaban J connectivity index is 1.99. The van der Waals surface area contributed by atoms with E-state index in [9.17, 15) is 14.4 Å². The molecular weight excluding hydrogens is 308 g/mol. The number of hydrogen-bond donors (Lipinski definition) is 1. The van der Waals surface area contributed by atoms with Gasteiger partial charge in [0.1, 0.15) is 5.54 Å². The van der Waals surface area contributed by atoms with Gasteiger partial charge < -0.3 is 14.6 Å². The number of rotatable bonds is 6. The van der Waals surface area contributed by atoms with Crippen LogP contribution in [-0.4, -0.2) is 29.1 Å². The van der Waals surface area contributed by atoms with Crippen molar-refractivity contribution in [3.8, 4) is 0 Å². The third-order valence-electron chi connectivity index (χ3n) is 4.97. The maximum atomic E-state index is 12.3. The smallest absolute Gasteiger partial charge is 0.331 e. The van der Waals surface area contributed by atoms with E-state index in [0.717, 1.165) is 19.3 Å². The molecule has 1 aromatic rings. The summed E-state index contributed by atoms with van der Waals surface area (Å²) in [6.07, 6.45) is 5.92. The van der Waals surface area contributed by atoms with Crippen molar-refractivity contribution < 1.29 is 14.3 Å². The molecule has 0 unspecified atom stereocenters. The van der Waals surface area contributed by atoms with Gasteiger partial charge in [-0.3, -0.25) is 9.59 Å². The molecule has 1 heterocycles. The Morgan fingerprint density at radius 3 is 2.62 bits per heavy atom. The number of nitrogens with one attached hydrogen (secondary N) is 1. The van der Waals surface area contributed by atoms with Gasteiger partial charge in [-0.05, 0) is 37.7 Å². The minimum absolute atomic E-state index is 0.142. The molecule has 132 valence electrons. The van der Waals surface area contributed by atoms with E-state index in [2.05, 4.69) is 12.2 Å². The second kappa shape index (κ2) is 8.13. The highest BCUT2D eigenvalue weighted by atomic mass is 16.5. The minimum Gasteiger partial charge on any atom is -0.467 e. The van der Waals surface area contributed by atoms with Crippen LogP contribution in [0.4, 0.5) is 0 Å². The van der Waals surface area contributed by atoms with Crippen molar-refractivity contribution in [2.45, 2.75) is 57.5 Å². The molecule has 0 spiro atoms. The molecule has 1 amide bonds. The minimum atomic E-state index is -0.918. The molecule has 0 atom stereocenters. The van der Waals surface area contributed by atoms with Crippen LogP contribution in [0.1, 0.15) is 45.4 Å². The fourth-order valence-corrected chi connectivity index (χ4v) is 3.35. The van der Waals surface area contributed by atoms with Crippen LogP contribution in [0.5, 0.6) is 0 Å². The zero-order chi connectivity index (χ0) is 17.6. The first-order valence-corrected chi connectivity index (χ1v) is 8.55. The molecule has 1 aliphatic rings. The molecule has 0 saturated heterocycles. The topological polar surface area (TPSA) is 77.4 Å². The number of esters is 1. The lowest BCUT2D eigenvalue weighted by atomic mass is 9.75. The van der Waals surface area contributed by atoms with Crippen LogP contribution in [0, 0.1) is 5.92 Å². The number of methoxy groups -OCH3 is 1. The Morgan fingerprint density at radius 2 is 2.04 bits per heavy atom. The number of amides is 1. The van der Waals surface area contributed by atoms with Gasteiger partial charge in [-0.1, -0.05) is 19.4 Å². The highest BCUT2D eigenvalue weighted by Gasteiger charge is 2.43. The molecule has 0 aromatic carbocycles. The maximum Gasteiger partial charge on any atom is 0.331 e. The molecule has 1 N–H and O–H groups in total. The second-order valence-electron chi connectivity index (χ2n) is 6.46. The lowest BCUT2D eigenvalue weighted by Gasteiger charge is -2.38. The Kier molecular flexibility index (Phi) is 6.17. The lowest BCUT2D eigenvalue weighted by Crippen LogP contribution is -2.57. The maximum absolute atomic E-state index is 12.3. The van der Waals surface area contributed by atoms with E-state index in [1.165, 1.54) is 17.7 Å². The summed E-state index contributed by atoms with van der Waals surface area (Å²) >= 11 is 0. The number of aryl methyl sites for hydroxylation is 1. The molecule has 1 aromatic heterocycles. The summed E-state index contributed by atoms with van der Waals surface area (Å²) in [5.41, 5.74) is -1.06. The standard InChI is InChI=1S/C18H26N2O4/c1-3-14-7-10-18(11-8-14,17(23)24-2)19-15(21)9-13-20-12-5-4-6-16(20)22/h4-6,12,14H,3,7-11,13H2,1-2H3,(H,19,21). The Morgan fingerprint density at radius 1 is 1.33 bits per heavy atom. The summed E-state index contributed by atoms with van der Waals surface area (Å²) < 4.78 is 6.42. The largest absolute Gasteiger partial charge is 0.467 e. The first kappa shape index (κ1) is 18.2. The monoisotopic (exact) mass is 334 g/mol. The van der Waals surface area contributed by atoms with Crippen molar-refractivity contribution in [2.24, 2.45) is 5.92 Å². The van der Waals surface area contributed by atoms with E-state index in [1.54, 1.807) is 18.3 Å². The first-order chi connectivity index (χ1) is 11.5. The van der Waals surface area contributed by atoms with Gasteiger partial charge in [0, 0.05) is 25.2 Å². The number of aromatic nitrogens is 1. The third-order valence-corrected chi connectivity index (χ3v) is 4.97. The predicted molar refractivity (Wildman–Crippen MR) is 90.5 cm³/mol. The molecule has 6 heteroatoms. The average molecular weight is 334 g/mol. The number of carbonyl (C=O) groups excluding carboxylic acids is 2. The molecule has 1 fully saturated rings. The fraction of sp³-hybridized carbons (Fsp3) is 0.611. The second-order valence-corrected chi connectivity index (χ2v) is 6.46. The molecule has 2 rings (SSSR count). The van der Waals surface area contributed by atoms with E-state index in [0.29, 0.717) is 25.3 Å². The molecule has 24 heavy (non-hydrogen) atoms. The Labute approximate surface area is 142 Å². The van der Waals surface area contributed by atoms with E-state index in [1.807, 2.05) is 0 Å². The average Bonchev–Trinajstić information content (AvgIpc) is 2.61. The summed E-state index contributed by atoms with van der Waals surface area (Å²) in [6.45, 7) is 2.44. The molecular formula is C18H26N2O4. The van der Waals surface area contributed by atoms with Gasteiger partial charge in [0.05, 0.1) is 7.11 Å². The molecule has 0 radical (unpaired) electrons. The van der Waals surface area contributed by atoms with Crippen LogP contribution < -0.4 is 10.9 Å². The quantitative estimate of drug-likeness (QED) is 0.806. The van der Waals surface area contributed by atoms with Gasteiger partial charge >= 0.3 is 5.97 Å². The van der Waals surface area contributed by atoms with Crippen molar-refractivity contribution >= 4 is 11.9 Å². The summed E-state index contributed by atoms with van der Waals surface area (Å²) in [5.74, 6) is -0.00374. The molecule has 1 saturated carbocycles. The van der Waals surface area contributed by atoms with Crippen LogP contribution in [0.3, 0.4) is 0 Å². The van der Waals surface area contributed by atoms with Crippen LogP contribution in [0.25, 0.3) is 0 Å². The van der Waals surface area contributed by atoms with Crippen molar-refractivity contribution in [1.82, 2.24) is 9.88 Å². The summed E-state index contributed by atoms with van der Waals surface area (Å²) in [4.78, 5) is 36.3. The van der Waals surface area contributed by atoms with Gasteiger partial charge in [0.15, 0.2) is 0 Å². The van der Waals surface area contributed by atoms with Crippen molar-refractivity contribution in [3.05, 3.63) is 34.7 Å². The number of ether oxygens (including phenoxy) is 1. The van der Waals surface area contributed by atoms with Crippen LogP contribution >= 0.6 is 0 Å². The molecule has 1 aliphatic carbocycles. The summed E-state index contributed by atoms with van der Waals surface area (Å²) in [5, 5.41) is 2.89. The van der Waals surface area contributed by atoms with Crippen molar-refractivity contribution in [2.75, 3.05) is 7.11 Å². The highest BCUT2D eigenvalue weighted by molar-refractivity contribution is 5.88. The van der Waals surface area contributed by atoms with E-state index in [4.69, 9.17) is 4.74 Å². The van der Waals surface area contributed by atoms with Crippen LogP contribution in [0.15, 0.2) is 29.2 Å². The summed E-state index contributed by atoms with van der Waals surface area (Å²) in [7, 11) is 1.35. The van der Waals surface area contributed by atoms with Crippen molar-refractivity contribution in [1.29, 1.82) is 0 Å². The van der Waals surface area contributed by atoms with Gasteiger partial charge in [0.2, 0.25) is 5.91 Å². The summed E-state index contributed by atoms with van der Waals surface area (Å²) in [6, 6.07) is 4.87. The van der Waals surface area contributed by atoms with E-state index < -0.39 is 5.54 Å². The highest BCUT2D eigenvalue weighted by Crippen LogP contribution is 2.34. The number of pyridine rings is 1. The Hall–Kier alpha value is -2.11. The van der Waals surface area contributed by atoms with E-state index >= 15 is 0 Å². The fourth-order valence-electron chi connectivity index (χ4n) is 3.35. The predicted octanol–water partition coefficient (Wildman–Crippen LogP) is 1.87. The van der Waals surface area contributed by atoms with Crippen LogP contribution in [0.2, 0.25) is 0 Å². The van der Waals surface area contributed by atoms with Crippen LogP contribution in [-0.2, 0) is 20.9 Å². The SMILES string of the molecule is CCC1CCC(NC(=O)CCn2ccccc2=O)(C(=O)OC)CC1. The normalized spacial score (nSPS) is 23.5. The molecule has 6 nitrogen and oxygen atoms in total. The number of carbonyl (C=O) groups is 2. The number of nitrogens with zero attached hydrogens (tertiary/aromatic N) is 1. The molecule has 0 bridgehead atoms. The zero-order valence-electron chi connectivity index (χ0n) is 14.4. The van der Waals surface area contributed by atoms with Crippen molar-refractivity contribution in [3.63, 3.8) is 0 Å². The zero-order valence-corrected chi connectivity index (χ0v) is 14.4. The van der Waals surface area contributed by atoms with E-state index in [-0.39, 0.29) is 23.9 Å². The lowest BCUT2D eigenvalue weighted by molar-refractivity contribution is -0.153. The number of hydrogen-bond acceptors (Lipinski definition) is 4. The van der Waals surface area contributed by atoms with Gasteiger partial charge in [0.25, 0.3) is 5.56 Å². The molecule has 0 aliphatic heterocycles. The van der Waals surface area contributed by atoms with Gasteiger partial charge in [-0.2, -0.15) is 0 Å². The van der Waals surface area contributed by atoms with Gasteiger partial charge in [-0.15, -0.1) is 0 Å².